The molecule has 3 aromatic rings. The molecular weight excluding hydrogens is 374 g/mol. The van der Waals surface area contributed by atoms with Gasteiger partial charge in [0.05, 0.1) is 24.8 Å². The molecule has 0 saturated heterocycles. The highest BCUT2D eigenvalue weighted by molar-refractivity contribution is 7.12. The summed E-state index contributed by atoms with van der Waals surface area (Å²) in [7, 11) is 3.20. The molecule has 1 amide bonds. The largest absolute Gasteiger partial charge is 0.493 e. The molecule has 1 aliphatic rings. The van der Waals surface area contributed by atoms with Gasteiger partial charge in [-0.1, -0.05) is 24.3 Å². The molecule has 1 N–H and O–H groups in total. The molecular formula is C22H19NO4S. The molecule has 5 nitrogen and oxygen atoms in total. The van der Waals surface area contributed by atoms with Gasteiger partial charge in [0, 0.05) is 17.5 Å². The number of ketones is 1. The van der Waals surface area contributed by atoms with Gasteiger partial charge in [0.2, 0.25) is 0 Å². The first-order chi connectivity index (χ1) is 13.6. The Morgan fingerprint density at radius 3 is 2.57 bits per heavy atom. The van der Waals surface area contributed by atoms with Crippen LogP contribution < -0.4 is 14.8 Å². The highest BCUT2D eigenvalue weighted by Gasteiger charge is 2.28. The zero-order valence-electron chi connectivity index (χ0n) is 15.6. The van der Waals surface area contributed by atoms with Crippen LogP contribution in [0.3, 0.4) is 0 Å². The lowest BCUT2D eigenvalue weighted by Gasteiger charge is -2.17. The number of benzene rings is 2. The van der Waals surface area contributed by atoms with Crippen LogP contribution in [0.4, 0.5) is 5.69 Å². The van der Waals surface area contributed by atoms with E-state index in [0.29, 0.717) is 40.5 Å². The normalized spacial score (nSPS) is 12.6. The van der Waals surface area contributed by atoms with Crippen molar-refractivity contribution in [3.8, 4) is 22.6 Å². The summed E-state index contributed by atoms with van der Waals surface area (Å²) in [4.78, 5) is 25.7. The van der Waals surface area contributed by atoms with Crippen LogP contribution in [-0.4, -0.2) is 25.9 Å². The number of nitrogens with one attached hydrogen (secondary N) is 1. The van der Waals surface area contributed by atoms with Gasteiger partial charge in [-0.05, 0) is 41.1 Å². The number of carbonyl (C=O) groups is 2. The lowest BCUT2D eigenvalue weighted by molar-refractivity contribution is 0.0995. The van der Waals surface area contributed by atoms with E-state index in [1.54, 1.807) is 26.4 Å². The summed E-state index contributed by atoms with van der Waals surface area (Å²) in [5, 5.41) is 4.75. The Morgan fingerprint density at radius 1 is 1.00 bits per heavy atom. The van der Waals surface area contributed by atoms with E-state index in [1.165, 1.54) is 11.3 Å². The Balaban J connectivity index is 1.81. The molecule has 0 unspecified atom stereocenters. The number of rotatable bonds is 5. The Morgan fingerprint density at radius 2 is 1.86 bits per heavy atom. The van der Waals surface area contributed by atoms with Crippen molar-refractivity contribution >= 4 is 28.7 Å². The van der Waals surface area contributed by atoms with Crippen molar-refractivity contribution < 1.29 is 19.1 Å². The summed E-state index contributed by atoms with van der Waals surface area (Å²) in [6.07, 6.45) is 1.06. The van der Waals surface area contributed by atoms with Crippen LogP contribution in [0.15, 0.2) is 47.8 Å². The highest BCUT2D eigenvalue weighted by Crippen LogP contribution is 2.43. The van der Waals surface area contributed by atoms with Gasteiger partial charge in [-0.15, -0.1) is 11.3 Å². The van der Waals surface area contributed by atoms with E-state index in [2.05, 4.69) is 5.32 Å². The van der Waals surface area contributed by atoms with E-state index in [4.69, 9.17) is 9.47 Å². The van der Waals surface area contributed by atoms with Crippen molar-refractivity contribution in [2.24, 2.45) is 0 Å². The number of methoxy groups -OCH3 is 2. The SMILES string of the molecule is COc1cccc(-c2ccc(NC(=O)c3cccs3)c3c2CCC3=O)c1OC. The standard InChI is InChI=1S/C22H19NO4S/c1-26-18-6-3-5-15(21(18)27-2)13-8-10-16(20-14(13)9-11-17(20)24)23-22(25)19-7-4-12-28-19/h3-8,10,12H,9,11H2,1-2H3,(H,23,25). The van der Waals surface area contributed by atoms with Gasteiger partial charge in [-0.3, -0.25) is 9.59 Å². The van der Waals surface area contributed by atoms with E-state index in [9.17, 15) is 9.59 Å². The van der Waals surface area contributed by atoms with Crippen LogP contribution in [-0.2, 0) is 6.42 Å². The predicted molar refractivity (Wildman–Crippen MR) is 110 cm³/mol. The Kier molecular flexibility index (Phi) is 4.88. The van der Waals surface area contributed by atoms with Crippen LogP contribution in [0.1, 0.15) is 32.0 Å². The second-order valence-electron chi connectivity index (χ2n) is 6.41. The predicted octanol–water partition coefficient (Wildman–Crippen LogP) is 4.81. The number of hydrogen-bond donors (Lipinski definition) is 1. The molecule has 0 radical (unpaired) electrons. The molecule has 2 aromatic carbocycles. The fourth-order valence-corrected chi connectivity index (χ4v) is 4.26. The lowest BCUT2D eigenvalue weighted by Crippen LogP contribution is -2.13. The van der Waals surface area contributed by atoms with Crippen LogP contribution in [0.2, 0.25) is 0 Å². The van der Waals surface area contributed by atoms with E-state index < -0.39 is 0 Å². The van der Waals surface area contributed by atoms with Gasteiger partial charge in [-0.2, -0.15) is 0 Å². The maximum absolute atomic E-state index is 12.6. The average molecular weight is 393 g/mol. The fourth-order valence-electron chi connectivity index (χ4n) is 3.64. The molecule has 4 rings (SSSR count). The van der Waals surface area contributed by atoms with Crippen molar-refractivity contribution in [2.75, 3.05) is 19.5 Å². The first-order valence-electron chi connectivity index (χ1n) is 8.89. The third kappa shape index (κ3) is 3.05. The number of thiophene rings is 1. The number of Topliss-reactive ketones (excluding diaryl/α,β-unsaturated/α-hetero) is 1. The summed E-state index contributed by atoms with van der Waals surface area (Å²) in [5.74, 6) is 1.10. The smallest absolute Gasteiger partial charge is 0.265 e. The third-order valence-electron chi connectivity index (χ3n) is 4.88. The number of ether oxygens (including phenoxy) is 2. The molecule has 28 heavy (non-hydrogen) atoms. The van der Waals surface area contributed by atoms with Crippen molar-refractivity contribution in [1.29, 1.82) is 0 Å². The summed E-state index contributed by atoms with van der Waals surface area (Å²) >= 11 is 1.37. The average Bonchev–Trinajstić information content (AvgIpc) is 3.38. The first kappa shape index (κ1) is 18.3. The Labute approximate surface area is 166 Å². The minimum Gasteiger partial charge on any atom is -0.493 e. The van der Waals surface area contributed by atoms with Gasteiger partial charge >= 0.3 is 0 Å². The minimum absolute atomic E-state index is 0.0418. The molecule has 1 heterocycles. The maximum Gasteiger partial charge on any atom is 0.265 e. The Hall–Kier alpha value is -3.12. The van der Waals surface area contributed by atoms with Gasteiger partial charge in [0.15, 0.2) is 17.3 Å². The number of amides is 1. The van der Waals surface area contributed by atoms with Crippen molar-refractivity contribution in [3.63, 3.8) is 0 Å². The minimum atomic E-state index is -0.205. The molecule has 0 saturated carbocycles. The van der Waals surface area contributed by atoms with E-state index in [1.807, 2.05) is 35.7 Å². The molecule has 0 spiro atoms. The van der Waals surface area contributed by atoms with Gasteiger partial charge in [0.1, 0.15) is 0 Å². The molecule has 1 aliphatic carbocycles. The zero-order chi connectivity index (χ0) is 19.7. The van der Waals surface area contributed by atoms with E-state index in [-0.39, 0.29) is 11.7 Å². The highest BCUT2D eigenvalue weighted by atomic mass is 32.1. The molecule has 6 heteroatoms. The molecule has 0 aliphatic heterocycles. The second-order valence-corrected chi connectivity index (χ2v) is 7.36. The van der Waals surface area contributed by atoms with Crippen molar-refractivity contribution in [3.05, 3.63) is 63.8 Å². The molecule has 1 aromatic heterocycles. The fraction of sp³-hybridized carbons (Fsp3) is 0.182. The number of para-hydroxylation sites is 1. The summed E-state index contributed by atoms with van der Waals surface area (Å²) < 4.78 is 11.0. The topological polar surface area (TPSA) is 64.6 Å². The van der Waals surface area contributed by atoms with Crippen LogP contribution in [0, 0.1) is 0 Å². The lowest BCUT2D eigenvalue weighted by atomic mass is 9.94. The van der Waals surface area contributed by atoms with Crippen LogP contribution in [0.5, 0.6) is 11.5 Å². The van der Waals surface area contributed by atoms with Crippen LogP contribution >= 0.6 is 11.3 Å². The second kappa shape index (κ2) is 7.48. The van der Waals surface area contributed by atoms with Crippen LogP contribution in [0.25, 0.3) is 11.1 Å². The first-order valence-corrected chi connectivity index (χ1v) is 9.77. The monoisotopic (exact) mass is 393 g/mol. The summed E-state index contributed by atoms with van der Waals surface area (Å²) in [5.41, 5.74) is 3.86. The number of anilines is 1. The van der Waals surface area contributed by atoms with E-state index >= 15 is 0 Å². The van der Waals surface area contributed by atoms with Gasteiger partial charge in [0.25, 0.3) is 5.91 Å². The van der Waals surface area contributed by atoms with E-state index in [0.717, 1.165) is 16.7 Å². The molecule has 142 valence electrons. The summed E-state index contributed by atoms with van der Waals surface area (Å²) in [6.45, 7) is 0. The molecule has 0 bridgehead atoms. The molecule has 0 fully saturated rings. The zero-order valence-corrected chi connectivity index (χ0v) is 16.4. The molecule has 0 atom stereocenters. The summed E-state index contributed by atoms with van der Waals surface area (Å²) in [6, 6.07) is 13.0. The quantitative estimate of drug-likeness (QED) is 0.675. The van der Waals surface area contributed by atoms with Crippen molar-refractivity contribution in [2.45, 2.75) is 12.8 Å². The van der Waals surface area contributed by atoms with Crippen molar-refractivity contribution in [1.82, 2.24) is 0 Å². The third-order valence-corrected chi connectivity index (χ3v) is 5.75. The van der Waals surface area contributed by atoms with Gasteiger partial charge < -0.3 is 14.8 Å². The number of carbonyl (C=O) groups excluding carboxylic acids is 2. The number of fused-ring (bicyclic) bond motifs is 1. The number of hydrogen-bond acceptors (Lipinski definition) is 5. The Bertz CT molecular complexity index is 1060. The van der Waals surface area contributed by atoms with Gasteiger partial charge in [-0.25, -0.2) is 0 Å². The maximum atomic E-state index is 12.6.